The van der Waals surface area contributed by atoms with Crippen molar-refractivity contribution < 1.29 is 19.1 Å². The molecule has 1 atom stereocenters. The van der Waals surface area contributed by atoms with Crippen LogP contribution in [0.25, 0.3) is 0 Å². The summed E-state index contributed by atoms with van der Waals surface area (Å²) in [5.74, 6) is -0.326. The van der Waals surface area contributed by atoms with Crippen LogP contribution < -0.4 is 0 Å². The summed E-state index contributed by atoms with van der Waals surface area (Å²) in [5, 5.41) is -0.0943. The molecule has 2 aliphatic rings. The van der Waals surface area contributed by atoms with Crippen LogP contribution in [0.1, 0.15) is 12.0 Å². The van der Waals surface area contributed by atoms with Crippen LogP contribution >= 0.6 is 11.6 Å². The van der Waals surface area contributed by atoms with Gasteiger partial charge in [-0.3, -0.25) is 9.69 Å². The summed E-state index contributed by atoms with van der Waals surface area (Å²) in [5.41, 5.74) is 0.877. The van der Waals surface area contributed by atoms with E-state index in [2.05, 4.69) is 0 Å². The van der Waals surface area contributed by atoms with Gasteiger partial charge < -0.3 is 9.47 Å². The minimum absolute atomic E-state index is 0.00659. The van der Waals surface area contributed by atoms with Crippen molar-refractivity contribution in [3.8, 4) is 0 Å². The van der Waals surface area contributed by atoms with Crippen LogP contribution in [0.5, 0.6) is 0 Å². The van der Waals surface area contributed by atoms with Crippen molar-refractivity contribution in [2.75, 3.05) is 6.54 Å². The number of nitrogens with zero attached hydrogens (tertiary/aromatic N) is 1. The fourth-order valence-electron chi connectivity index (χ4n) is 2.10. The second-order valence-corrected chi connectivity index (χ2v) is 4.98. The lowest BCUT2D eigenvalue weighted by molar-refractivity contribution is -0.154. The van der Waals surface area contributed by atoms with Gasteiger partial charge in [0.1, 0.15) is 12.4 Å². The number of hydrogen-bond donors (Lipinski definition) is 0. The molecule has 0 radical (unpaired) electrons. The Labute approximate surface area is 120 Å². The van der Waals surface area contributed by atoms with Crippen LogP contribution in [-0.4, -0.2) is 29.5 Å². The van der Waals surface area contributed by atoms with Crippen LogP contribution in [0.4, 0.5) is 0 Å². The number of carbonyl (C=O) groups excluding carboxylic acids is 2. The number of fused-ring (bicyclic) bond motifs is 1. The Morgan fingerprint density at radius 1 is 1.40 bits per heavy atom. The highest BCUT2D eigenvalue weighted by atomic mass is 35.5. The van der Waals surface area contributed by atoms with E-state index in [0.29, 0.717) is 12.2 Å². The largest absolute Gasteiger partial charge is 0.470 e. The van der Waals surface area contributed by atoms with E-state index in [4.69, 9.17) is 21.1 Å². The van der Waals surface area contributed by atoms with Crippen LogP contribution in [0.3, 0.4) is 0 Å². The van der Waals surface area contributed by atoms with Crippen molar-refractivity contribution in [3.63, 3.8) is 0 Å². The third kappa shape index (κ3) is 2.36. The molecular weight excluding hydrogens is 282 g/mol. The number of benzene rings is 1. The van der Waals surface area contributed by atoms with Gasteiger partial charge in [-0.2, -0.15) is 0 Å². The summed E-state index contributed by atoms with van der Waals surface area (Å²) in [6.45, 7) is 0.387. The van der Waals surface area contributed by atoms with Gasteiger partial charge in [0.2, 0.25) is 5.91 Å². The Morgan fingerprint density at radius 3 is 2.80 bits per heavy atom. The Kier molecular flexibility index (Phi) is 3.36. The van der Waals surface area contributed by atoms with Gasteiger partial charge in [0.25, 0.3) is 0 Å². The first-order valence-electron chi connectivity index (χ1n) is 6.21. The summed E-state index contributed by atoms with van der Waals surface area (Å²) >= 11 is 5.95. The van der Waals surface area contributed by atoms with Gasteiger partial charge in [0.15, 0.2) is 11.3 Å². The quantitative estimate of drug-likeness (QED) is 0.484. The van der Waals surface area contributed by atoms with Crippen LogP contribution in [0, 0.1) is 0 Å². The minimum atomic E-state index is -0.638. The molecule has 0 saturated carbocycles. The minimum Gasteiger partial charge on any atom is -0.470 e. The molecule has 6 heteroatoms. The molecule has 2 heterocycles. The number of halogens is 1. The van der Waals surface area contributed by atoms with Crippen molar-refractivity contribution in [1.29, 1.82) is 0 Å². The molecule has 104 valence electrons. The molecule has 3 rings (SSSR count). The van der Waals surface area contributed by atoms with E-state index in [0.717, 1.165) is 5.56 Å². The lowest BCUT2D eigenvalue weighted by atomic mass is 10.2. The second kappa shape index (κ2) is 5.17. The average Bonchev–Trinajstić information content (AvgIpc) is 2.82. The molecule has 2 aliphatic heterocycles. The topological polar surface area (TPSA) is 55.8 Å². The first-order valence-corrected chi connectivity index (χ1v) is 6.59. The third-order valence-corrected chi connectivity index (χ3v) is 3.61. The number of rotatable bonds is 3. The molecule has 0 spiro atoms. The van der Waals surface area contributed by atoms with Crippen molar-refractivity contribution in [1.82, 2.24) is 4.90 Å². The molecule has 5 nitrogen and oxygen atoms in total. The lowest BCUT2D eigenvalue weighted by Crippen LogP contribution is -2.48. The normalized spacial score (nSPS) is 22.8. The molecule has 2 fully saturated rings. The highest BCUT2D eigenvalue weighted by Crippen LogP contribution is 2.33. The summed E-state index contributed by atoms with van der Waals surface area (Å²) < 4.78 is 10.5. The summed E-state index contributed by atoms with van der Waals surface area (Å²) in [6.07, 6.45) is 0.0698. The molecule has 2 saturated heterocycles. The summed E-state index contributed by atoms with van der Waals surface area (Å²) in [6, 6.07) is 9.31. The molecule has 20 heavy (non-hydrogen) atoms. The van der Waals surface area contributed by atoms with E-state index in [1.807, 2.05) is 30.3 Å². The molecule has 1 aromatic rings. The Balaban J connectivity index is 1.61. The smallest absolute Gasteiger partial charge is 0.353 e. The number of ether oxygens (including phenoxy) is 2. The SMILES string of the molecule is O=C(OCc1ccccc1)C(Cl)=C1CN2C(=O)CC2O1. The standard InChI is InChI=1S/C14H12ClNO4/c15-13(10-7-16-11(17)6-12(16)20-10)14(18)19-8-9-4-2-1-3-5-9/h1-5,12H,6-8H2. The summed E-state index contributed by atoms with van der Waals surface area (Å²) in [7, 11) is 0. The van der Waals surface area contributed by atoms with Crippen molar-refractivity contribution in [2.24, 2.45) is 0 Å². The molecule has 0 bridgehead atoms. The predicted octanol–water partition coefficient (Wildman–Crippen LogP) is 1.77. The fourth-order valence-corrected chi connectivity index (χ4v) is 2.26. The Bertz CT molecular complexity index is 584. The molecule has 0 aromatic heterocycles. The molecule has 0 N–H and O–H groups in total. The number of β-lactam (4-membered cyclic amide) rings is 1. The van der Waals surface area contributed by atoms with Gasteiger partial charge in [-0.05, 0) is 5.56 Å². The van der Waals surface area contributed by atoms with Gasteiger partial charge in [-0.25, -0.2) is 4.79 Å². The van der Waals surface area contributed by atoms with E-state index in [1.165, 1.54) is 4.90 Å². The van der Waals surface area contributed by atoms with Gasteiger partial charge >= 0.3 is 5.97 Å². The van der Waals surface area contributed by atoms with Crippen LogP contribution in [0.2, 0.25) is 0 Å². The van der Waals surface area contributed by atoms with E-state index in [1.54, 1.807) is 0 Å². The zero-order valence-electron chi connectivity index (χ0n) is 10.5. The zero-order valence-corrected chi connectivity index (χ0v) is 11.3. The van der Waals surface area contributed by atoms with Gasteiger partial charge in [-0.1, -0.05) is 41.9 Å². The number of esters is 1. The number of carbonyl (C=O) groups is 2. The zero-order chi connectivity index (χ0) is 14.1. The average molecular weight is 294 g/mol. The second-order valence-electron chi connectivity index (χ2n) is 4.60. The highest BCUT2D eigenvalue weighted by Gasteiger charge is 2.45. The van der Waals surface area contributed by atoms with E-state index in [-0.39, 0.29) is 30.3 Å². The third-order valence-electron chi connectivity index (χ3n) is 3.25. The fraction of sp³-hybridized carbons (Fsp3) is 0.286. The number of hydrogen-bond acceptors (Lipinski definition) is 4. The van der Waals surface area contributed by atoms with Gasteiger partial charge in [-0.15, -0.1) is 0 Å². The van der Waals surface area contributed by atoms with E-state index in [9.17, 15) is 9.59 Å². The lowest BCUT2D eigenvalue weighted by Gasteiger charge is -2.30. The Hall–Kier alpha value is -2.01. The first-order chi connectivity index (χ1) is 9.65. The molecule has 0 aliphatic carbocycles. The van der Waals surface area contributed by atoms with Crippen LogP contribution in [-0.2, 0) is 25.7 Å². The highest BCUT2D eigenvalue weighted by molar-refractivity contribution is 6.41. The molecule has 1 amide bonds. The van der Waals surface area contributed by atoms with Gasteiger partial charge in [0, 0.05) is 0 Å². The maximum absolute atomic E-state index is 11.8. The molecular formula is C14H12ClNO4. The molecule has 1 unspecified atom stereocenters. The van der Waals surface area contributed by atoms with Crippen molar-refractivity contribution >= 4 is 23.5 Å². The molecule has 1 aromatic carbocycles. The first kappa shape index (κ1) is 13.0. The summed E-state index contributed by atoms with van der Waals surface area (Å²) in [4.78, 5) is 24.6. The maximum Gasteiger partial charge on any atom is 0.353 e. The monoisotopic (exact) mass is 293 g/mol. The van der Waals surface area contributed by atoms with E-state index < -0.39 is 5.97 Å². The Morgan fingerprint density at radius 2 is 2.15 bits per heavy atom. The van der Waals surface area contributed by atoms with E-state index >= 15 is 0 Å². The van der Waals surface area contributed by atoms with Gasteiger partial charge in [0.05, 0.1) is 13.0 Å². The van der Waals surface area contributed by atoms with Crippen molar-refractivity contribution in [2.45, 2.75) is 19.3 Å². The number of amides is 1. The predicted molar refractivity (Wildman–Crippen MR) is 70.3 cm³/mol. The van der Waals surface area contributed by atoms with Crippen molar-refractivity contribution in [3.05, 3.63) is 46.7 Å². The van der Waals surface area contributed by atoms with Crippen LogP contribution in [0.15, 0.2) is 41.1 Å². The maximum atomic E-state index is 11.8.